The highest BCUT2D eigenvalue weighted by atomic mass is 16.3. The number of fused-ring (bicyclic) bond motifs is 10. The minimum atomic E-state index is 0.569. The van der Waals surface area contributed by atoms with Crippen molar-refractivity contribution in [1.29, 1.82) is 0 Å². The summed E-state index contributed by atoms with van der Waals surface area (Å²) in [6, 6.07) is 59.9. The molecule has 0 radical (unpaired) electrons. The molecular formula is C50H29N5O2. The maximum absolute atomic E-state index is 6.70. The fourth-order valence-electron chi connectivity index (χ4n) is 8.20. The molecule has 0 aliphatic carbocycles. The van der Waals surface area contributed by atoms with Gasteiger partial charge in [-0.3, -0.25) is 0 Å². The molecule has 0 aliphatic heterocycles. The van der Waals surface area contributed by atoms with Crippen LogP contribution < -0.4 is 0 Å². The van der Waals surface area contributed by atoms with E-state index in [0.717, 1.165) is 93.6 Å². The molecule has 0 atom stereocenters. The first-order valence-electron chi connectivity index (χ1n) is 18.9. The standard InChI is InChI=1S/C50H29N5O2/c1-3-13-31(14-4-1)47-52-48(54-49(53-47)34-23-27-43-40(29-34)37-20-9-10-21-42(37)56-43)33-17-11-18-35(28-33)55-44-36-19-8-7-12-30(36)22-24-38(44)39-25-26-41-46(45(39)55)57-50(51-41)32-15-5-2-6-16-32/h1-29H. The second-order valence-corrected chi connectivity index (χ2v) is 14.2. The molecule has 8 aromatic carbocycles. The van der Waals surface area contributed by atoms with Gasteiger partial charge in [0.2, 0.25) is 5.89 Å². The lowest BCUT2D eigenvalue weighted by Crippen LogP contribution is -2.01. The van der Waals surface area contributed by atoms with Crippen LogP contribution >= 0.6 is 0 Å². The molecule has 0 N–H and O–H groups in total. The van der Waals surface area contributed by atoms with Crippen LogP contribution in [0.15, 0.2) is 185 Å². The van der Waals surface area contributed by atoms with Crippen LogP contribution in [0.4, 0.5) is 0 Å². The second-order valence-electron chi connectivity index (χ2n) is 14.2. The van der Waals surface area contributed by atoms with Crippen LogP contribution in [-0.4, -0.2) is 24.5 Å². The van der Waals surface area contributed by atoms with E-state index in [9.17, 15) is 0 Å². The third kappa shape index (κ3) is 4.99. The summed E-state index contributed by atoms with van der Waals surface area (Å²) in [5, 5.41) is 6.57. The lowest BCUT2D eigenvalue weighted by Gasteiger charge is -2.12. The van der Waals surface area contributed by atoms with Crippen LogP contribution in [0.1, 0.15) is 0 Å². The van der Waals surface area contributed by atoms with Crippen LogP contribution in [0.3, 0.4) is 0 Å². The van der Waals surface area contributed by atoms with E-state index >= 15 is 0 Å². The van der Waals surface area contributed by atoms with Gasteiger partial charge in [-0.2, -0.15) is 0 Å². The number of benzene rings is 8. The van der Waals surface area contributed by atoms with Gasteiger partial charge >= 0.3 is 0 Å². The van der Waals surface area contributed by atoms with E-state index in [0.29, 0.717) is 23.4 Å². The summed E-state index contributed by atoms with van der Waals surface area (Å²) in [6.45, 7) is 0. The molecule has 0 unspecified atom stereocenters. The molecule has 0 aliphatic rings. The van der Waals surface area contributed by atoms with Crippen molar-refractivity contribution in [2.24, 2.45) is 0 Å². The lowest BCUT2D eigenvalue weighted by atomic mass is 10.1. The Morgan fingerprint density at radius 3 is 1.82 bits per heavy atom. The van der Waals surface area contributed by atoms with Gasteiger partial charge in [-0.1, -0.05) is 115 Å². The normalized spacial score (nSPS) is 11.9. The molecule has 4 heterocycles. The maximum Gasteiger partial charge on any atom is 0.227 e. The van der Waals surface area contributed by atoms with Crippen molar-refractivity contribution < 1.29 is 8.83 Å². The molecule has 0 spiro atoms. The van der Waals surface area contributed by atoms with Crippen molar-refractivity contribution in [1.82, 2.24) is 24.5 Å². The van der Waals surface area contributed by atoms with Gasteiger partial charge in [-0.05, 0) is 66.0 Å². The number of hydrogen-bond donors (Lipinski definition) is 0. The summed E-state index contributed by atoms with van der Waals surface area (Å²) < 4.78 is 15.2. The number of nitrogens with zero attached hydrogens (tertiary/aromatic N) is 5. The van der Waals surface area contributed by atoms with Crippen molar-refractivity contribution in [3.8, 4) is 51.3 Å². The Balaban J connectivity index is 1.10. The van der Waals surface area contributed by atoms with Crippen LogP contribution in [0.5, 0.6) is 0 Å². The molecular weight excluding hydrogens is 703 g/mol. The van der Waals surface area contributed by atoms with Crippen molar-refractivity contribution in [2.75, 3.05) is 0 Å². The van der Waals surface area contributed by atoms with E-state index in [4.69, 9.17) is 28.8 Å². The fourth-order valence-corrected chi connectivity index (χ4v) is 8.20. The zero-order valence-corrected chi connectivity index (χ0v) is 30.3. The summed E-state index contributed by atoms with van der Waals surface area (Å²) in [6.07, 6.45) is 0. The fraction of sp³-hybridized carbons (Fsp3) is 0. The van der Waals surface area contributed by atoms with E-state index in [1.165, 1.54) is 0 Å². The van der Waals surface area contributed by atoms with E-state index in [2.05, 4.69) is 89.5 Å². The molecule has 12 rings (SSSR count). The van der Waals surface area contributed by atoms with Crippen molar-refractivity contribution in [3.63, 3.8) is 0 Å². The Kier molecular flexibility index (Phi) is 6.79. The molecule has 7 heteroatoms. The van der Waals surface area contributed by atoms with Gasteiger partial charge in [0.25, 0.3) is 0 Å². The number of rotatable bonds is 5. The highest BCUT2D eigenvalue weighted by Gasteiger charge is 2.22. The Bertz CT molecular complexity index is 3530. The minimum Gasteiger partial charge on any atom is -0.456 e. The molecule has 266 valence electrons. The van der Waals surface area contributed by atoms with Gasteiger partial charge in [0, 0.05) is 54.9 Å². The van der Waals surface area contributed by atoms with Gasteiger partial charge in [0.15, 0.2) is 23.1 Å². The second kappa shape index (κ2) is 12.3. The van der Waals surface area contributed by atoms with Gasteiger partial charge in [-0.25, -0.2) is 19.9 Å². The van der Waals surface area contributed by atoms with E-state index < -0.39 is 0 Å². The first kappa shape index (κ1) is 31.5. The first-order valence-corrected chi connectivity index (χ1v) is 18.9. The van der Waals surface area contributed by atoms with Crippen LogP contribution in [0.2, 0.25) is 0 Å². The number of para-hydroxylation sites is 1. The molecule has 7 nitrogen and oxygen atoms in total. The molecule has 0 bridgehead atoms. The van der Waals surface area contributed by atoms with E-state index in [1.54, 1.807) is 0 Å². The summed E-state index contributed by atoms with van der Waals surface area (Å²) in [7, 11) is 0. The van der Waals surface area contributed by atoms with Gasteiger partial charge in [-0.15, -0.1) is 0 Å². The maximum atomic E-state index is 6.70. The lowest BCUT2D eigenvalue weighted by molar-refractivity contribution is 0.622. The number of hydrogen-bond acceptors (Lipinski definition) is 6. The Morgan fingerprint density at radius 1 is 0.368 bits per heavy atom. The van der Waals surface area contributed by atoms with Crippen molar-refractivity contribution in [2.45, 2.75) is 0 Å². The largest absolute Gasteiger partial charge is 0.456 e. The van der Waals surface area contributed by atoms with Crippen molar-refractivity contribution in [3.05, 3.63) is 176 Å². The minimum absolute atomic E-state index is 0.569. The molecule has 0 saturated heterocycles. The van der Waals surface area contributed by atoms with E-state index in [1.807, 2.05) is 91.0 Å². The topological polar surface area (TPSA) is 82.8 Å². The van der Waals surface area contributed by atoms with Gasteiger partial charge in [0.05, 0.1) is 11.0 Å². The van der Waals surface area contributed by atoms with Gasteiger partial charge < -0.3 is 13.4 Å². The number of aromatic nitrogens is 5. The van der Waals surface area contributed by atoms with E-state index in [-0.39, 0.29) is 0 Å². The average molecular weight is 732 g/mol. The molecule has 0 saturated carbocycles. The Labute approximate surface area is 325 Å². The summed E-state index contributed by atoms with van der Waals surface area (Å²) in [5.74, 6) is 2.33. The highest BCUT2D eigenvalue weighted by molar-refractivity contribution is 6.22. The SMILES string of the molecule is c1ccc(-c2nc(-c3cccc(-n4c5c6ccccc6ccc5c5ccc6nc(-c7ccccc7)oc6c54)c3)nc(-c3ccc4oc5ccccc5c4c3)n2)cc1. The zero-order valence-electron chi connectivity index (χ0n) is 30.3. The van der Waals surface area contributed by atoms with Gasteiger partial charge in [0.1, 0.15) is 16.7 Å². The highest BCUT2D eigenvalue weighted by Crippen LogP contribution is 2.41. The number of furan rings is 1. The van der Waals surface area contributed by atoms with Crippen LogP contribution in [-0.2, 0) is 0 Å². The summed E-state index contributed by atoms with van der Waals surface area (Å²) in [5.41, 5.74) is 9.75. The molecule has 57 heavy (non-hydrogen) atoms. The molecule has 4 aromatic heterocycles. The third-order valence-electron chi connectivity index (χ3n) is 10.9. The monoisotopic (exact) mass is 731 g/mol. The Hall–Kier alpha value is -7.90. The predicted octanol–water partition coefficient (Wildman–Crippen LogP) is 12.8. The third-order valence-corrected chi connectivity index (χ3v) is 10.9. The molecule has 0 fully saturated rings. The summed E-state index contributed by atoms with van der Waals surface area (Å²) >= 11 is 0. The van der Waals surface area contributed by atoms with Crippen molar-refractivity contribution >= 4 is 65.6 Å². The van der Waals surface area contributed by atoms with Crippen LogP contribution in [0.25, 0.3) is 117 Å². The van der Waals surface area contributed by atoms with Crippen LogP contribution in [0, 0.1) is 0 Å². The molecule has 12 aromatic rings. The average Bonchev–Trinajstić information content (AvgIpc) is 3.99. The zero-order chi connectivity index (χ0) is 37.5. The quantitative estimate of drug-likeness (QED) is 0.175. The molecule has 0 amide bonds. The smallest absolute Gasteiger partial charge is 0.227 e. The first-order chi connectivity index (χ1) is 28.2. The Morgan fingerprint density at radius 2 is 1.00 bits per heavy atom. The summed E-state index contributed by atoms with van der Waals surface area (Å²) in [4.78, 5) is 20.3. The number of oxazole rings is 1. The predicted molar refractivity (Wildman–Crippen MR) is 228 cm³/mol.